The molecule has 2 nitrogen and oxygen atoms in total. The normalized spacial score (nSPS) is 12.8. The predicted octanol–water partition coefficient (Wildman–Crippen LogP) is 3.54. The summed E-state index contributed by atoms with van der Waals surface area (Å²) in [7, 11) is 4.07. The van der Waals surface area contributed by atoms with Crippen LogP contribution in [-0.2, 0) is 5.60 Å². The van der Waals surface area contributed by atoms with Gasteiger partial charge in [0, 0.05) is 12.5 Å². The maximum absolute atomic E-state index is 11.4. The molecule has 3 heteroatoms. The summed E-state index contributed by atoms with van der Waals surface area (Å²) in [6.45, 7) is 2.92. The fraction of sp³-hybridized carbons (Fsp3) is 0.333. The Hall–Kier alpha value is -1.35. The molecule has 1 atom stereocenters. The molecule has 0 heterocycles. The highest BCUT2D eigenvalue weighted by Crippen LogP contribution is 2.36. The van der Waals surface area contributed by atoms with Crippen molar-refractivity contribution in [2.24, 2.45) is 5.92 Å². The zero-order valence-corrected chi connectivity index (χ0v) is 13.7. The van der Waals surface area contributed by atoms with Gasteiger partial charge in [0.25, 0.3) is 0 Å². The third-order valence-corrected chi connectivity index (χ3v) is 3.78. The molecule has 0 bridgehead atoms. The Bertz CT molecular complexity index is 488. The second-order valence-electron chi connectivity index (χ2n) is 5.66. The predicted molar refractivity (Wildman–Crippen MR) is 90.8 cm³/mol. The van der Waals surface area contributed by atoms with Crippen molar-refractivity contribution in [3.05, 3.63) is 71.8 Å². The second kappa shape index (κ2) is 7.60. The molecule has 0 fully saturated rings. The minimum Gasteiger partial charge on any atom is -0.380 e. The molecule has 0 aliphatic rings. The number of aliphatic hydroxyl groups is 1. The first-order chi connectivity index (χ1) is 9.55. The molecule has 2 aromatic rings. The van der Waals surface area contributed by atoms with Crippen molar-refractivity contribution in [3.8, 4) is 0 Å². The molecule has 2 rings (SSSR count). The maximum Gasteiger partial charge on any atom is 0.118 e. The summed E-state index contributed by atoms with van der Waals surface area (Å²) < 4.78 is 0. The number of benzene rings is 2. The summed E-state index contributed by atoms with van der Waals surface area (Å²) in [5, 5.41) is 11.4. The van der Waals surface area contributed by atoms with Crippen LogP contribution in [0.1, 0.15) is 18.1 Å². The fourth-order valence-corrected chi connectivity index (χ4v) is 2.80. The molecule has 21 heavy (non-hydrogen) atoms. The minimum absolute atomic E-state index is 0. The van der Waals surface area contributed by atoms with Crippen molar-refractivity contribution in [1.82, 2.24) is 4.90 Å². The largest absolute Gasteiger partial charge is 0.380 e. The highest BCUT2D eigenvalue weighted by Gasteiger charge is 2.37. The summed E-state index contributed by atoms with van der Waals surface area (Å²) in [6, 6.07) is 19.9. The van der Waals surface area contributed by atoms with Gasteiger partial charge in [0.05, 0.1) is 0 Å². The van der Waals surface area contributed by atoms with Crippen LogP contribution < -0.4 is 0 Å². The van der Waals surface area contributed by atoms with Crippen molar-refractivity contribution < 1.29 is 5.11 Å². The van der Waals surface area contributed by atoms with Crippen LogP contribution in [0.15, 0.2) is 60.7 Å². The molecule has 0 aliphatic heterocycles. The lowest BCUT2D eigenvalue weighted by Crippen LogP contribution is -2.40. The molecule has 1 N–H and O–H groups in total. The quantitative estimate of drug-likeness (QED) is 0.913. The van der Waals surface area contributed by atoms with Gasteiger partial charge in [-0.1, -0.05) is 67.6 Å². The van der Waals surface area contributed by atoms with E-state index in [-0.39, 0.29) is 18.3 Å². The van der Waals surface area contributed by atoms with Gasteiger partial charge in [-0.2, -0.15) is 0 Å². The van der Waals surface area contributed by atoms with E-state index in [1.165, 1.54) is 0 Å². The SMILES string of the molecule is CC(CN(C)C)C(O)(c1ccccc1)c1ccccc1.Cl. The van der Waals surface area contributed by atoms with E-state index >= 15 is 0 Å². The van der Waals surface area contributed by atoms with E-state index in [1.54, 1.807) is 0 Å². The lowest BCUT2D eigenvalue weighted by atomic mass is 9.76. The fourth-order valence-electron chi connectivity index (χ4n) is 2.80. The highest BCUT2D eigenvalue weighted by molar-refractivity contribution is 5.85. The van der Waals surface area contributed by atoms with Crippen molar-refractivity contribution in [2.45, 2.75) is 12.5 Å². The average Bonchev–Trinajstić information content (AvgIpc) is 2.47. The molecular weight excluding hydrogens is 282 g/mol. The zero-order valence-electron chi connectivity index (χ0n) is 12.9. The Morgan fingerprint density at radius 1 is 0.905 bits per heavy atom. The van der Waals surface area contributed by atoms with Gasteiger partial charge >= 0.3 is 0 Å². The summed E-state index contributed by atoms with van der Waals surface area (Å²) >= 11 is 0. The monoisotopic (exact) mass is 305 g/mol. The van der Waals surface area contributed by atoms with Crippen LogP contribution in [0.25, 0.3) is 0 Å². The van der Waals surface area contributed by atoms with E-state index < -0.39 is 5.60 Å². The van der Waals surface area contributed by atoms with Gasteiger partial charge in [-0.3, -0.25) is 0 Å². The zero-order chi connectivity index (χ0) is 14.6. The first kappa shape index (κ1) is 17.7. The summed E-state index contributed by atoms with van der Waals surface area (Å²) in [5.41, 5.74) is 0.924. The highest BCUT2D eigenvalue weighted by atomic mass is 35.5. The van der Waals surface area contributed by atoms with Crippen molar-refractivity contribution >= 4 is 12.4 Å². The molecular formula is C18H24ClNO. The third-order valence-electron chi connectivity index (χ3n) is 3.78. The van der Waals surface area contributed by atoms with Gasteiger partial charge in [0.1, 0.15) is 5.60 Å². The number of hydrogen-bond donors (Lipinski definition) is 1. The van der Waals surface area contributed by atoms with Crippen molar-refractivity contribution in [1.29, 1.82) is 0 Å². The molecule has 0 radical (unpaired) electrons. The smallest absolute Gasteiger partial charge is 0.118 e. The Morgan fingerprint density at radius 2 is 1.29 bits per heavy atom. The number of rotatable bonds is 5. The third kappa shape index (κ3) is 3.85. The van der Waals surface area contributed by atoms with E-state index in [1.807, 2.05) is 74.8 Å². The maximum atomic E-state index is 11.4. The van der Waals surface area contributed by atoms with E-state index in [0.29, 0.717) is 0 Å². The van der Waals surface area contributed by atoms with Gasteiger partial charge in [0.2, 0.25) is 0 Å². The molecule has 0 saturated carbocycles. The van der Waals surface area contributed by atoms with E-state index in [0.717, 1.165) is 17.7 Å². The molecule has 0 spiro atoms. The molecule has 0 aliphatic carbocycles. The van der Waals surface area contributed by atoms with Gasteiger partial charge < -0.3 is 10.0 Å². The Labute approximate surface area is 133 Å². The molecule has 0 aromatic heterocycles. The first-order valence-corrected chi connectivity index (χ1v) is 7.03. The summed E-state index contributed by atoms with van der Waals surface area (Å²) in [5.74, 6) is 0.0855. The second-order valence-corrected chi connectivity index (χ2v) is 5.66. The van der Waals surface area contributed by atoms with Crippen molar-refractivity contribution in [2.75, 3.05) is 20.6 Å². The van der Waals surface area contributed by atoms with Crippen molar-refractivity contribution in [3.63, 3.8) is 0 Å². The molecule has 0 saturated heterocycles. The number of halogens is 1. The summed E-state index contributed by atoms with van der Waals surface area (Å²) in [6.07, 6.45) is 0. The molecule has 1 unspecified atom stereocenters. The van der Waals surface area contributed by atoms with Gasteiger partial charge in [-0.05, 0) is 25.2 Å². The lowest BCUT2D eigenvalue weighted by molar-refractivity contribution is 0.0134. The Kier molecular flexibility index (Phi) is 6.41. The number of nitrogens with zero attached hydrogens (tertiary/aromatic N) is 1. The topological polar surface area (TPSA) is 23.5 Å². The van der Waals surface area contributed by atoms with E-state index in [2.05, 4.69) is 11.8 Å². The van der Waals surface area contributed by atoms with Crippen LogP contribution in [0.5, 0.6) is 0 Å². The minimum atomic E-state index is -0.965. The number of hydrogen-bond acceptors (Lipinski definition) is 2. The van der Waals surface area contributed by atoms with Gasteiger partial charge in [0.15, 0.2) is 0 Å². The van der Waals surface area contributed by atoms with Crippen LogP contribution in [0.2, 0.25) is 0 Å². The van der Waals surface area contributed by atoms with Crippen LogP contribution in [0.4, 0.5) is 0 Å². The Morgan fingerprint density at radius 3 is 1.62 bits per heavy atom. The van der Waals surface area contributed by atoms with E-state index in [9.17, 15) is 5.11 Å². The van der Waals surface area contributed by atoms with E-state index in [4.69, 9.17) is 0 Å². The summed E-state index contributed by atoms with van der Waals surface area (Å²) in [4.78, 5) is 2.11. The van der Waals surface area contributed by atoms with Crippen LogP contribution in [-0.4, -0.2) is 30.6 Å². The molecule has 2 aromatic carbocycles. The van der Waals surface area contributed by atoms with Crippen LogP contribution >= 0.6 is 12.4 Å². The standard InChI is InChI=1S/C18H23NO.ClH/c1-15(14-19(2)3)18(20,16-10-6-4-7-11-16)17-12-8-5-9-13-17;/h4-13,15,20H,14H2,1-3H3;1H. The van der Waals surface area contributed by atoms with Gasteiger partial charge in [-0.15, -0.1) is 12.4 Å². The van der Waals surface area contributed by atoms with Crippen LogP contribution in [0, 0.1) is 5.92 Å². The molecule has 0 amide bonds. The lowest BCUT2D eigenvalue weighted by Gasteiger charge is -2.36. The van der Waals surface area contributed by atoms with Crippen LogP contribution in [0.3, 0.4) is 0 Å². The molecule has 114 valence electrons. The average molecular weight is 306 g/mol. The Balaban J connectivity index is 0.00000220. The van der Waals surface area contributed by atoms with Gasteiger partial charge in [-0.25, -0.2) is 0 Å². The first-order valence-electron chi connectivity index (χ1n) is 7.03.